The predicted molar refractivity (Wildman–Crippen MR) is 62.7 cm³/mol. The van der Waals surface area contributed by atoms with E-state index < -0.39 is 9.84 Å². The van der Waals surface area contributed by atoms with E-state index in [9.17, 15) is 13.2 Å². The van der Waals surface area contributed by atoms with Crippen LogP contribution in [-0.2, 0) is 14.6 Å². The highest BCUT2D eigenvalue weighted by Gasteiger charge is 2.09. The summed E-state index contributed by atoms with van der Waals surface area (Å²) in [4.78, 5) is 10.8. The van der Waals surface area contributed by atoms with E-state index >= 15 is 0 Å². The van der Waals surface area contributed by atoms with Crippen LogP contribution in [-0.4, -0.2) is 14.3 Å². The van der Waals surface area contributed by atoms with Crippen LogP contribution in [0.25, 0.3) is 0 Å². The maximum absolute atomic E-state index is 11.6. The highest BCUT2D eigenvalue weighted by molar-refractivity contribution is 7.94. The lowest BCUT2D eigenvalue weighted by atomic mass is 10.3. The Bertz CT molecular complexity index is 580. The lowest BCUT2D eigenvalue weighted by Crippen LogP contribution is -2.05. The molecule has 1 amide bonds. The molecule has 17 heavy (non-hydrogen) atoms. The molecule has 0 saturated carbocycles. The molecular formula is C11H10N2O3S. The number of carbonyl (C=O) groups excluding carboxylic acids is 1. The van der Waals surface area contributed by atoms with Crippen molar-refractivity contribution in [1.82, 2.24) is 0 Å². The topological polar surface area (TPSA) is 87.0 Å². The third-order valence-electron chi connectivity index (χ3n) is 1.82. The van der Waals surface area contributed by atoms with Gasteiger partial charge in [-0.05, 0) is 24.3 Å². The third kappa shape index (κ3) is 3.74. The molecule has 1 rings (SSSR count). The van der Waals surface area contributed by atoms with Crippen LogP contribution < -0.4 is 5.32 Å². The first kappa shape index (κ1) is 12.9. The van der Waals surface area contributed by atoms with E-state index in [4.69, 9.17) is 5.26 Å². The number of hydrogen-bond acceptors (Lipinski definition) is 4. The fourth-order valence-corrected chi connectivity index (χ4v) is 2.04. The van der Waals surface area contributed by atoms with Crippen molar-refractivity contribution < 1.29 is 13.2 Å². The van der Waals surface area contributed by atoms with Gasteiger partial charge >= 0.3 is 0 Å². The molecule has 88 valence electrons. The molecule has 0 aromatic heterocycles. The molecule has 0 aliphatic carbocycles. The first-order valence-corrected chi connectivity index (χ1v) is 6.19. The maximum atomic E-state index is 11.6. The van der Waals surface area contributed by atoms with Gasteiger partial charge < -0.3 is 5.32 Å². The van der Waals surface area contributed by atoms with Gasteiger partial charge in [-0.25, -0.2) is 8.42 Å². The van der Waals surface area contributed by atoms with E-state index in [1.807, 2.05) is 0 Å². The predicted octanol–water partition coefficient (Wildman–Crippen LogP) is 1.46. The molecule has 0 fully saturated rings. The van der Waals surface area contributed by atoms with Crippen molar-refractivity contribution in [2.24, 2.45) is 0 Å². The minimum Gasteiger partial charge on any atom is -0.326 e. The number of rotatable bonds is 3. The fraction of sp³-hybridized carbons (Fsp3) is 0.0909. The number of nitrogens with zero attached hydrogens (tertiary/aromatic N) is 1. The Morgan fingerprint density at radius 3 is 2.41 bits per heavy atom. The van der Waals surface area contributed by atoms with Crippen molar-refractivity contribution in [2.45, 2.75) is 11.8 Å². The van der Waals surface area contributed by atoms with Crippen molar-refractivity contribution >= 4 is 21.4 Å². The first-order valence-electron chi connectivity index (χ1n) is 4.64. The quantitative estimate of drug-likeness (QED) is 0.822. The van der Waals surface area contributed by atoms with E-state index in [1.54, 1.807) is 6.07 Å². The summed E-state index contributed by atoms with van der Waals surface area (Å²) in [6, 6.07) is 7.30. The van der Waals surface area contributed by atoms with Gasteiger partial charge in [-0.2, -0.15) is 5.26 Å². The number of nitriles is 1. The molecule has 1 aromatic rings. The van der Waals surface area contributed by atoms with Crippen molar-refractivity contribution in [3.05, 3.63) is 35.7 Å². The zero-order valence-corrected chi connectivity index (χ0v) is 9.86. The monoisotopic (exact) mass is 250 g/mol. The van der Waals surface area contributed by atoms with E-state index in [0.29, 0.717) is 5.69 Å². The molecule has 0 aliphatic rings. The van der Waals surface area contributed by atoms with Gasteiger partial charge in [-0.1, -0.05) is 0 Å². The number of carbonyl (C=O) groups is 1. The summed E-state index contributed by atoms with van der Waals surface area (Å²) in [6.45, 7) is 1.36. The summed E-state index contributed by atoms with van der Waals surface area (Å²) in [5.74, 6) is -0.231. The van der Waals surface area contributed by atoms with Gasteiger partial charge in [0.1, 0.15) is 0 Å². The molecular weight excluding hydrogens is 240 g/mol. The number of sulfone groups is 1. The normalized spacial score (nSPS) is 11.1. The summed E-state index contributed by atoms with van der Waals surface area (Å²) in [5, 5.41) is 11.6. The summed E-state index contributed by atoms with van der Waals surface area (Å²) in [5.41, 5.74) is 0.515. The zero-order valence-electron chi connectivity index (χ0n) is 9.04. The van der Waals surface area contributed by atoms with Crippen LogP contribution in [0.5, 0.6) is 0 Å². The van der Waals surface area contributed by atoms with Gasteiger partial charge in [0.2, 0.25) is 15.7 Å². The fourth-order valence-electron chi connectivity index (χ4n) is 1.13. The lowest BCUT2D eigenvalue weighted by Gasteiger charge is -2.03. The van der Waals surface area contributed by atoms with Crippen molar-refractivity contribution in [1.29, 1.82) is 5.26 Å². The van der Waals surface area contributed by atoms with Gasteiger partial charge in [0.25, 0.3) is 0 Å². The molecule has 0 unspecified atom stereocenters. The van der Waals surface area contributed by atoms with Crippen LogP contribution in [0.1, 0.15) is 6.92 Å². The molecule has 6 heteroatoms. The van der Waals surface area contributed by atoms with Gasteiger partial charge in [-0.15, -0.1) is 0 Å². The highest BCUT2D eigenvalue weighted by atomic mass is 32.2. The number of hydrogen-bond donors (Lipinski definition) is 1. The van der Waals surface area contributed by atoms with Crippen LogP contribution in [0.3, 0.4) is 0 Å². The molecule has 0 aliphatic heterocycles. The van der Waals surface area contributed by atoms with Crippen LogP contribution >= 0.6 is 0 Å². The highest BCUT2D eigenvalue weighted by Crippen LogP contribution is 2.16. The van der Waals surface area contributed by atoms with E-state index in [2.05, 4.69) is 5.32 Å². The van der Waals surface area contributed by atoms with Crippen molar-refractivity contribution in [3.8, 4) is 6.07 Å². The minimum atomic E-state index is -3.58. The Kier molecular flexibility index (Phi) is 4.01. The van der Waals surface area contributed by atoms with E-state index in [1.165, 1.54) is 31.2 Å². The first-order chi connectivity index (χ1) is 7.95. The number of benzene rings is 1. The second kappa shape index (κ2) is 5.27. The number of anilines is 1. The average Bonchev–Trinajstić information content (AvgIpc) is 2.26. The van der Waals surface area contributed by atoms with Crippen molar-refractivity contribution in [3.63, 3.8) is 0 Å². The smallest absolute Gasteiger partial charge is 0.221 e. The number of allylic oxidation sites excluding steroid dienone is 1. The van der Waals surface area contributed by atoms with Crippen LogP contribution in [0, 0.1) is 11.3 Å². The minimum absolute atomic E-state index is 0.0677. The molecule has 0 heterocycles. The Labute approximate surface area is 99.3 Å². The summed E-state index contributed by atoms with van der Waals surface area (Å²) in [7, 11) is -3.58. The Balaban J connectivity index is 3.00. The van der Waals surface area contributed by atoms with Gasteiger partial charge in [0.15, 0.2) is 0 Å². The zero-order chi connectivity index (χ0) is 12.9. The molecule has 0 saturated heterocycles. The van der Waals surface area contributed by atoms with E-state index in [0.717, 1.165) is 11.5 Å². The Hall–Kier alpha value is -2.13. The molecule has 5 nitrogen and oxygen atoms in total. The summed E-state index contributed by atoms with van der Waals surface area (Å²) in [6.07, 6.45) is 0.900. The molecule has 0 bridgehead atoms. The van der Waals surface area contributed by atoms with Crippen LogP contribution in [0.4, 0.5) is 5.69 Å². The summed E-state index contributed by atoms with van der Waals surface area (Å²) >= 11 is 0. The molecule has 0 radical (unpaired) electrons. The van der Waals surface area contributed by atoms with Gasteiger partial charge in [0, 0.05) is 24.1 Å². The van der Waals surface area contributed by atoms with Crippen molar-refractivity contribution in [2.75, 3.05) is 5.32 Å². The largest absolute Gasteiger partial charge is 0.326 e. The van der Waals surface area contributed by atoms with Crippen LogP contribution in [0.15, 0.2) is 40.6 Å². The lowest BCUT2D eigenvalue weighted by molar-refractivity contribution is -0.114. The van der Waals surface area contributed by atoms with Gasteiger partial charge in [-0.3, -0.25) is 4.79 Å². The molecule has 1 aromatic carbocycles. The molecule has 0 spiro atoms. The SMILES string of the molecule is CC(=O)Nc1ccc(S(=O)(=O)C=CC#N)cc1. The Morgan fingerprint density at radius 1 is 1.35 bits per heavy atom. The second-order valence-electron chi connectivity index (χ2n) is 3.18. The second-order valence-corrected chi connectivity index (χ2v) is 5.02. The van der Waals surface area contributed by atoms with Gasteiger partial charge in [0.05, 0.1) is 11.0 Å². The number of nitrogens with one attached hydrogen (secondary N) is 1. The van der Waals surface area contributed by atoms with E-state index in [-0.39, 0.29) is 10.8 Å². The number of amides is 1. The van der Waals surface area contributed by atoms with Crippen LogP contribution in [0.2, 0.25) is 0 Å². The average molecular weight is 250 g/mol. The third-order valence-corrected chi connectivity index (χ3v) is 3.25. The molecule has 0 atom stereocenters. The summed E-state index contributed by atoms with van der Waals surface area (Å²) < 4.78 is 23.2. The maximum Gasteiger partial charge on any atom is 0.221 e. The molecule has 1 N–H and O–H groups in total. The Morgan fingerprint density at radius 2 is 1.94 bits per heavy atom. The standard InChI is InChI=1S/C11H10N2O3S/c1-9(14)13-10-3-5-11(6-4-10)17(15,16)8-2-7-12/h2-6,8H,1H3,(H,13,14).